The van der Waals surface area contributed by atoms with Gasteiger partial charge in [-0.25, -0.2) is 9.97 Å². The lowest BCUT2D eigenvalue weighted by Gasteiger charge is -2.34. The van der Waals surface area contributed by atoms with Crippen LogP contribution in [0, 0.1) is 13.8 Å². The zero-order valence-electron chi connectivity index (χ0n) is 12.8. The molecule has 1 saturated heterocycles. The van der Waals surface area contributed by atoms with Crippen molar-refractivity contribution in [2.24, 2.45) is 0 Å². The summed E-state index contributed by atoms with van der Waals surface area (Å²) in [6.07, 6.45) is 3.94. The maximum atomic E-state index is 4.56. The largest absolute Gasteiger partial charge is 0.334 e. The Kier molecular flexibility index (Phi) is 4.67. The molecule has 5 nitrogen and oxygen atoms in total. The summed E-state index contributed by atoms with van der Waals surface area (Å²) in [5.74, 6) is 1.10. The molecule has 0 unspecified atom stereocenters. The zero-order valence-corrected chi connectivity index (χ0v) is 13.6. The molecule has 3 rings (SSSR count). The second kappa shape index (κ2) is 6.68. The maximum Gasteiger partial charge on any atom is 0.105 e. The summed E-state index contributed by atoms with van der Waals surface area (Å²) >= 11 is 1.74. The molecule has 0 saturated carbocycles. The van der Waals surface area contributed by atoms with Gasteiger partial charge in [0.2, 0.25) is 0 Å². The van der Waals surface area contributed by atoms with Crippen LogP contribution in [-0.4, -0.2) is 57.1 Å². The number of aryl methyl sites for hydroxylation is 2. The average molecular weight is 305 g/mol. The van der Waals surface area contributed by atoms with E-state index in [-0.39, 0.29) is 0 Å². The van der Waals surface area contributed by atoms with Crippen molar-refractivity contribution in [3.05, 3.63) is 34.3 Å². The third-order valence-corrected chi connectivity index (χ3v) is 4.92. The van der Waals surface area contributed by atoms with Crippen molar-refractivity contribution < 1.29 is 0 Å². The smallest absolute Gasteiger partial charge is 0.105 e. The van der Waals surface area contributed by atoms with Crippen molar-refractivity contribution in [2.75, 3.05) is 32.7 Å². The van der Waals surface area contributed by atoms with E-state index in [1.54, 1.807) is 11.3 Å². The second-order valence-electron chi connectivity index (χ2n) is 5.64. The quantitative estimate of drug-likeness (QED) is 0.844. The molecule has 0 aliphatic carbocycles. The first kappa shape index (κ1) is 14.7. The Labute approximate surface area is 130 Å². The van der Waals surface area contributed by atoms with E-state index in [9.17, 15) is 0 Å². The molecule has 21 heavy (non-hydrogen) atoms. The molecule has 0 spiro atoms. The summed E-state index contributed by atoms with van der Waals surface area (Å²) in [6.45, 7) is 11.9. The molecule has 2 aromatic rings. The highest BCUT2D eigenvalue weighted by molar-refractivity contribution is 7.09. The Morgan fingerprint density at radius 1 is 1.10 bits per heavy atom. The Hall–Kier alpha value is -1.24. The highest BCUT2D eigenvalue weighted by Gasteiger charge is 2.17. The van der Waals surface area contributed by atoms with Gasteiger partial charge in [-0.1, -0.05) is 0 Å². The highest BCUT2D eigenvalue weighted by Crippen LogP contribution is 2.12. The van der Waals surface area contributed by atoms with Gasteiger partial charge in [-0.3, -0.25) is 9.80 Å². The number of hydrogen-bond acceptors (Lipinski definition) is 5. The van der Waals surface area contributed by atoms with Crippen LogP contribution in [0.5, 0.6) is 0 Å². The fourth-order valence-electron chi connectivity index (χ4n) is 2.77. The van der Waals surface area contributed by atoms with Crippen LogP contribution in [0.2, 0.25) is 0 Å². The molecule has 1 aliphatic rings. The first-order valence-electron chi connectivity index (χ1n) is 7.54. The lowest BCUT2D eigenvalue weighted by Crippen LogP contribution is -2.46. The monoisotopic (exact) mass is 305 g/mol. The summed E-state index contributed by atoms with van der Waals surface area (Å²) in [5, 5.41) is 3.35. The van der Waals surface area contributed by atoms with Gasteiger partial charge in [-0.05, 0) is 13.8 Å². The Balaban J connectivity index is 1.41. The van der Waals surface area contributed by atoms with Crippen LogP contribution in [0.4, 0.5) is 0 Å². The van der Waals surface area contributed by atoms with Gasteiger partial charge in [0.25, 0.3) is 0 Å². The number of imidazole rings is 1. The lowest BCUT2D eigenvalue weighted by molar-refractivity contribution is 0.123. The molecule has 2 aromatic heterocycles. The molecule has 0 bridgehead atoms. The minimum atomic E-state index is 0.999. The first-order valence-corrected chi connectivity index (χ1v) is 8.42. The van der Waals surface area contributed by atoms with Crippen molar-refractivity contribution in [3.8, 4) is 0 Å². The van der Waals surface area contributed by atoms with Gasteiger partial charge in [-0.2, -0.15) is 0 Å². The van der Waals surface area contributed by atoms with E-state index < -0.39 is 0 Å². The maximum absolute atomic E-state index is 4.56. The average Bonchev–Trinajstić information content (AvgIpc) is 3.07. The predicted octanol–water partition coefficient (Wildman–Crippen LogP) is 1.77. The highest BCUT2D eigenvalue weighted by atomic mass is 32.1. The molecule has 0 radical (unpaired) electrons. The van der Waals surface area contributed by atoms with Gasteiger partial charge in [0.05, 0.1) is 10.7 Å². The molecular formula is C15H23N5S. The third-order valence-electron chi connectivity index (χ3n) is 4.10. The standard InChI is InChI=1S/C15H23N5S/c1-13-16-3-4-20(13)10-9-18-5-7-19(8-6-18)11-15-12-21-14(2)17-15/h3-4,12H,5-11H2,1-2H3. The van der Waals surface area contributed by atoms with E-state index in [4.69, 9.17) is 0 Å². The van der Waals surface area contributed by atoms with Gasteiger partial charge >= 0.3 is 0 Å². The van der Waals surface area contributed by atoms with E-state index in [2.05, 4.69) is 49.8 Å². The Morgan fingerprint density at radius 3 is 2.48 bits per heavy atom. The number of aromatic nitrogens is 3. The van der Waals surface area contributed by atoms with Crippen molar-refractivity contribution in [1.29, 1.82) is 0 Å². The summed E-state index contributed by atoms with van der Waals surface area (Å²) in [7, 11) is 0. The van der Waals surface area contributed by atoms with E-state index in [1.807, 2.05) is 6.20 Å². The van der Waals surface area contributed by atoms with Crippen LogP contribution in [0.3, 0.4) is 0 Å². The van der Waals surface area contributed by atoms with Crippen LogP contribution < -0.4 is 0 Å². The number of piperazine rings is 1. The number of thiazole rings is 1. The summed E-state index contributed by atoms with van der Waals surface area (Å²) in [5.41, 5.74) is 1.22. The number of hydrogen-bond donors (Lipinski definition) is 0. The summed E-state index contributed by atoms with van der Waals surface area (Å²) in [6, 6.07) is 0. The topological polar surface area (TPSA) is 37.2 Å². The van der Waals surface area contributed by atoms with Crippen molar-refractivity contribution in [3.63, 3.8) is 0 Å². The van der Waals surface area contributed by atoms with Crippen LogP contribution in [0.1, 0.15) is 16.5 Å². The fraction of sp³-hybridized carbons (Fsp3) is 0.600. The van der Waals surface area contributed by atoms with Crippen molar-refractivity contribution in [2.45, 2.75) is 26.9 Å². The normalized spacial score (nSPS) is 17.4. The van der Waals surface area contributed by atoms with Gasteiger partial charge in [-0.15, -0.1) is 11.3 Å². The van der Waals surface area contributed by atoms with Gasteiger partial charge in [0, 0.05) is 63.6 Å². The Morgan fingerprint density at radius 2 is 1.86 bits per heavy atom. The molecule has 1 aliphatic heterocycles. The first-order chi connectivity index (χ1) is 10.2. The Bertz CT molecular complexity index is 568. The lowest BCUT2D eigenvalue weighted by atomic mass is 10.3. The van der Waals surface area contributed by atoms with E-state index in [0.29, 0.717) is 0 Å². The minimum absolute atomic E-state index is 0.999. The molecule has 1 fully saturated rings. The third kappa shape index (κ3) is 3.90. The molecule has 6 heteroatoms. The van der Waals surface area contributed by atoms with E-state index in [0.717, 1.165) is 51.6 Å². The second-order valence-corrected chi connectivity index (χ2v) is 6.71. The minimum Gasteiger partial charge on any atom is -0.334 e. The number of rotatable bonds is 5. The summed E-state index contributed by atoms with van der Waals surface area (Å²) in [4.78, 5) is 13.9. The van der Waals surface area contributed by atoms with Crippen LogP contribution in [0.25, 0.3) is 0 Å². The SMILES string of the molecule is Cc1nc(CN2CCN(CCn3ccnc3C)CC2)cs1. The van der Waals surface area contributed by atoms with Gasteiger partial charge in [0.15, 0.2) is 0 Å². The van der Waals surface area contributed by atoms with E-state index in [1.165, 1.54) is 10.7 Å². The van der Waals surface area contributed by atoms with Crippen LogP contribution in [-0.2, 0) is 13.1 Å². The van der Waals surface area contributed by atoms with Crippen molar-refractivity contribution >= 4 is 11.3 Å². The molecule has 114 valence electrons. The van der Waals surface area contributed by atoms with Crippen LogP contribution >= 0.6 is 11.3 Å². The molecule has 0 atom stereocenters. The summed E-state index contributed by atoms with van der Waals surface area (Å²) < 4.78 is 2.23. The molecule has 0 amide bonds. The molecular weight excluding hydrogens is 282 g/mol. The molecule has 0 aromatic carbocycles. The fourth-order valence-corrected chi connectivity index (χ4v) is 3.37. The molecule has 0 N–H and O–H groups in total. The zero-order chi connectivity index (χ0) is 14.7. The van der Waals surface area contributed by atoms with E-state index >= 15 is 0 Å². The van der Waals surface area contributed by atoms with Crippen LogP contribution in [0.15, 0.2) is 17.8 Å². The van der Waals surface area contributed by atoms with Gasteiger partial charge < -0.3 is 4.57 Å². The van der Waals surface area contributed by atoms with Gasteiger partial charge in [0.1, 0.15) is 5.82 Å². The van der Waals surface area contributed by atoms with Crippen molar-refractivity contribution in [1.82, 2.24) is 24.3 Å². The number of nitrogens with zero attached hydrogens (tertiary/aromatic N) is 5. The predicted molar refractivity (Wildman–Crippen MR) is 85.5 cm³/mol. The molecule has 3 heterocycles.